The fourth-order valence-corrected chi connectivity index (χ4v) is 4.71. The number of hydrogen-bond donors (Lipinski definition) is 2. The van der Waals surface area contributed by atoms with Crippen LogP contribution in [0.1, 0.15) is 48.5 Å². The zero-order chi connectivity index (χ0) is 19.2. The summed E-state index contributed by atoms with van der Waals surface area (Å²) in [7, 11) is -3.03. The molecule has 2 amide bonds. The number of aryl methyl sites for hydroxylation is 1. The van der Waals surface area contributed by atoms with E-state index in [1.807, 2.05) is 19.1 Å². The van der Waals surface area contributed by atoms with Crippen LogP contribution in [0.25, 0.3) is 0 Å². The Kier molecular flexibility index (Phi) is 6.90. The van der Waals surface area contributed by atoms with Crippen molar-refractivity contribution in [3.8, 4) is 0 Å². The number of nitrogens with one attached hydrogen (secondary N) is 2. The number of amides is 2. The largest absolute Gasteiger partial charge is 0.294 e. The molecular formula is C18H24N2O5S. The van der Waals surface area contributed by atoms with Crippen LogP contribution in [0.4, 0.5) is 0 Å². The van der Waals surface area contributed by atoms with E-state index in [0.29, 0.717) is 12.0 Å². The second-order valence-electron chi connectivity index (χ2n) is 6.54. The van der Waals surface area contributed by atoms with Gasteiger partial charge in [0.1, 0.15) is 0 Å². The molecule has 26 heavy (non-hydrogen) atoms. The Labute approximate surface area is 153 Å². The lowest BCUT2D eigenvalue weighted by Gasteiger charge is -2.10. The normalized spacial score (nSPS) is 18.3. The Bertz CT molecular complexity index is 771. The summed E-state index contributed by atoms with van der Waals surface area (Å²) in [5.41, 5.74) is 6.23. The molecule has 1 heterocycles. The number of rotatable bonds is 7. The van der Waals surface area contributed by atoms with E-state index in [2.05, 4.69) is 10.9 Å². The molecule has 1 saturated heterocycles. The number of carbonyl (C=O) groups is 3. The molecule has 0 saturated carbocycles. The summed E-state index contributed by atoms with van der Waals surface area (Å²) in [6.07, 6.45) is 1.43. The molecule has 0 aliphatic carbocycles. The third-order valence-corrected chi connectivity index (χ3v) is 6.24. The van der Waals surface area contributed by atoms with Gasteiger partial charge in [-0.25, -0.2) is 8.42 Å². The first-order chi connectivity index (χ1) is 12.3. The average molecular weight is 380 g/mol. The van der Waals surface area contributed by atoms with Crippen LogP contribution < -0.4 is 10.9 Å². The molecular weight excluding hydrogens is 356 g/mol. The molecule has 1 atom stereocenters. The van der Waals surface area contributed by atoms with Crippen molar-refractivity contribution in [3.63, 3.8) is 0 Å². The van der Waals surface area contributed by atoms with Crippen molar-refractivity contribution in [1.29, 1.82) is 0 Å². The van der Waals surface area contributed by atoms with E-state index in [0.717, 1.165) is 12.0 Å². The molecule has 1 fully saturated rings. The van der Waals surface area contributed by atoms with Crippen molar-refractivity contribution in [3.05, 3.63) is 35.4 Å². The first-order valence-electron chi connectivity index (χ1n) is 8.69. The molecule has 0 radical (unpaired) electrons. The lowest BCUT2D eigenvalue weighted by molar-refractivity contribution is -0.129. The van der Waals surface area contributed by atoms with E-state index >= 15 is 0 Å². The summed E-state index contributed by atoms with van der Waals surface area (Å²) >= 11 is 0. The molecule has 0 spiro atoms. The fourth-order valence-electron chi connectivity index (χ4n) is 2.85. The molecule has 0 aromatic heterocycles. The van der Waals surface area contributed by atoms with Gasteiger partial charge in [-0.05, 0) is 24.3 Å². The monoisotopic (exact) mass is 380 g/mol. The van der Waals surface area contributed by atoms with E-state index in [9.17, 15) is 22.8 Å². The second kappa shape index (κ2) is 8.93. The molecule has 1 aliphatic rings. The zero-order valence-corrected chi connectivity index (χ0v) is 15.6. The highest BCUT2D eigenvalue weighted by atomic mass is 32.2. The predicted molar refractivity (Wildman–Crippen MR) is 97.0 cm³/mol. The molecule has 1 aliphatic heterocycles. The summed E-state index contributed by atoms with van der Waals surface area (Å²) in [5.74, 6) is -1.11. The van der Waals surface area contributed by atoms with Crippen LogP contribution in [0.15, 0.2) is 24.3 Å². The Morgan fingerprint density at radius 1 is 1.04 bits per heavy atom. The molecule has 1 unspecified atom stereocenters. The maximum Gasteiger partial charge on any atom is 0.238 e. The van der Waals surface area contributed by atoms with Gasteiger partial charge in [-0.3, -0.25) is 25.2 Å². The third kappa shape index (κ3) is 6.25. The van der Waals surface area contributed by atoms with Gasteiger partial charge in [-0.2, -0.15) is 0 Å². The Balaban J connectivity index is 1.68. The highest BCUT2D eigenvalue weighted by Crippen LogP contribution is 2.21. The van der Waals surface area contributed by atoms with Crippen LogP contribution in [0.3, 0.4) is 0 Å². The van der Waals surface area contributed by atoms with Crippen LogP contribution in [0.5, 0.6) is 0 Å². The summed E-state index contributed by atoms with van der Waals surface area (Å²) in [6.45, 7) is 2.03. The fraction of sp³-hybridized carbons (Fsp3) is 0.500. The van der Waals surface area contributed by atoms with Gasteiger partial charge in [-0.15, -0.1) is 0 Å². The average Bonchev–Trinajstić information content (AvgIpc) is 2.96. The number of hydrogen-bond acceptors (Lipinski definition) is 5. The van der Waals surface area contributed by atoms with Crippen molar-refractivity contribution in [2.75, 3.05) is 11.5 Å². The number of Topliss-reactive ketones (excluding diaryl/α,β-unsaturated/α-hetero) is 1. The maximum atomic E-state index is 12.1. The van der Waals surface area contributed by atoms with Crippen molar-refractivity contribution in [1.82, 2.24) is 10.9 Å². The van der Waals surface area contributed by atoms with Crippen LogP contribution >= 0.6 is 0 Å². The van der Waals surface area contributed by atoms with Gasteiger partial charge < -0.3 is 0 Å². The van der Waals surface area contributed by atoms with E-state index in [1.165, 1.54) is 0 Å². The van der Waals surface area contributed by atoms with Crippen LogP contribution in [0.2, 0.25) is 0 Å². The number of ketones is 1. The molecule has 2 N–H and O–H groups in total. The number of hydrazine groups is 1. The number of carbonyl (C=O) groups excluding carboxylic acids is 3. The quantitative estimate of drug-likeness (QED) is 0.545. The third-order valence-electron chi connectivity index (χ3n) is 4.41. The van der Waals surface area contributed by atoms with Gasteiger partial charge in [0.2, 0.25) is 11.8 Å². The standard InChI is InChI=1S/C18H24N2O5S/c1-2-13-3-5-15(6-4-13)16(21)7-8-17(22)19-20-18(23)11-14-9-10-26(24,25)12-14/h3-6,14H,2,7-12H2,1H3,(H,19,22)(H,20,23). The van der Waals surface area contributed by atoms with Crippen LogP contribution in [-0.4, -0.2) is 37.5 Å². The minimum absolute atomic E-state index is 0.0136. The van der Waals surface area contributed by atoms with Gasteiger partial charge in [-0.1, -0.05) is 31.2 Å². The van der Waals surface area contributed by atoms with E-state index < -0.39 is 21.7 Å². The first kappa shape index (κ1) is 20.1. The minimum Gasteiger partial charge on any atom is -0.294 e. The van der Waals surface area contributed by atoms with Gasteiger partial charge >= 0.3 is 0 Å². The summed E-state index contributed by atoms with van der Waals surface area (Å²) in [5, 5.41) is 0. The molecule has 8 heteroatoms. The first-order valence-corrected chi connectivity index (χ1v) is 10.5. The number of sulfone groups is 1. The van der Waals surface area contributed by atoms with E-state index in [4.69, 9.17) is 0 Å². The molecule has 1 aromatic rings. The molecule has 142 valence electrons. The lowest BCUT2D eigenvalue weighted by Crippen LogP contribution is -2.42. The topological polar surface area (TPSA) is 109 Å². The van der Waals surface area contributed by atoms with Crippen molar-refractivity contribution in [2.24, 2.45) is 5.92 Å². The smallest absolute Gasteiger partial charge is 0.238 e. The van der Waals surface area contributed by atoms with Crippen molar-refractivity contribution >= 4 is 27.4 Å². The SMILES string of the molecule is CCc1ccc(C(=O)CCC(=O)NNC(=O)CC2CCS(=O)(=O)C2)cc1. The maximum absolute atomic E-state index is 12.1. The van der Waals surface area contributed by atoms with Gasteiger partial charge in [0, 0.05) is 24.8 Å². The van der Waals surface area contributed by atoms with E-state index in [1.54, 1.807) is 12.1 Å². The molecule has 2 rings (SSSR count). The van der Waals surface area contributed by atoms with Gasteiger partial charge in [0.25, 0.3) is 0 Å². The summed E-state index contributed by atoms with van der Waals surface area (Å²) in [4.78, 5) is 35.6. The zero-order valence-electron chi connectivity index (χ0n) is 14.8. The van der Waals surface area contributed by atoms with Crippen LogP contribution in [0, 0.1) is 5.92 Å². The van der Waals surface area contributed by atoms with Crippen molar-refractivity contribution < 1.29 is 22.8 Å². The summed E-state index contributed by atoms with van der Waals surface area (Å²) < 4.78 is 22.7. The lowest BCUT2D eigenvalue weighted by atomic mass is 10.0. The predicted octanol–water partition coefficient (Wildman–Crippen LogP) is 1.18. The van der Waals surface area contributed by atoms with Gasteiger partial charge in [0.15, 0.2) is 15.6 Å². The molecule has 7 nitrogen and oxygen atoms in total. The van der Waals surface area contributed by atoms with E-state index in [-0.39, 0.29) is 42.5 Å². The summed E-state index contributed by atoms with van der Waals surface area (Å²) in [6, 6.07) is 7.26. The molecule has 1 aromatic carbocycles. The second-order valence-corrected chi connectivity index (χ2v) is 8.77. The number of benzene rings is 1. The van der Waals surface area contributed by atoms with Gasteiger partial charge in [0.05, 0.1) is 11.5 Å². The van der Waals surface area contributed by atoms with Crippen LogP contribution in [-0.2, 0) is 25.8 Å². The van der Waals surface area contributed by atoms with Crippen molar-refractivity contribution in [2.45, 2.75) is 39.0 Å². The Morgan fingerprint density at radius 2 is 1.69 bits per heavy atom. The highest BCUT2D eigenvalue weighted by molar-refractivity contribution is 7.91. The Hall–Kier alpha value is -2.22. The highest BCUT2D eigenvalue weighted by Gasteiger charge is 2.29. The molecule has 0 bridgehead atoms. The minimum atomic E-state index is -3.03. The Morgan fingerprint density at radius 3 is 2.27 bits per heavy atom.